The van der Waals surface area contributed by atoms with Crippen molar-refractivity contribution in [3.05, 3.63) is 24.0 Å². The van der Waals surface area contributed by atoms with Gasteiger partial charge in [0, 0.05) is 11.4 Å². The van der Waals surface area contributed by atoms with Gasteiger partial charge in [0.1, 0.15) is 11.1 Å². The van der Waals surface area contributed by atoms with Crippen LogP contribution in [0.3, 0.4) is 0 Å². The lowest BCUT2D eigenvalue weighted by Gasteiger charge is -2.22. The van der Waals surface area contributed by atoms with Crippen LogP contribution in [0.5, 0.6) is 0 Å². The molecule has 1 heterocycles. The van der Waals surface area contributed by atoms with Gasteiger partial charge in [-0.05, 0) is 18.2 Å². The number of aliphatic carboxylic acids is 1. The molecule has 0 aliphatic carbocycles. The largest absolute Gasteiger partial charge is 0.480 e. The topological polar surface area (TPSA) is 49.3 Å². The minimum absolute atomic E-state index is 0.314. The predicted molar refractivity (Wildman–Crippen MR) is 52.2 cm³/mol. The Kier molecular flexibility index (Phi) is 2.33. The van der Waals surface area contributed by atoms with Crippen LogP contribution < -0.4 is 5.32 Å². The van der Waals surface area contributed by atoms with Crippen LogP contribution in [0.15, 0.2) is 23.1 Å². The minimum Gasteiger partial charge on any atom is -0.480 e. The molecule has 3 nitrogen and oxygen atoms in total. The molecule has 5 heteroatoms. The number of nitrogens with one attached hydrogen (secondary N) is 1. The number of anilines is 1. The van der Waals surface area contributed by atoms with Crippen molar-refractivity contribution in [3.63, 3.8) is 0 Å². The highest BCUT2D eigenvalue weighted by Gasteiger charge is 2.24. The highest BCUT2D eigenvalue weighted by Crippen LogP contribution is 2.35. The Bertz CT molecular complexity index is 383. The number of carbonyl (C=O) groups is 1. The molecule has 0 saturated carbocycles. The van der Waals surface area contributed by atoms with Crippen molar-refractivity contribution in [1.82, 2.24) is 0 Å². The van der Waals surface area contributed by atoms with E-state index in [0.717, 1.165) is 4.90 Å². The third-order valence-corrected chi connectivity index (χ3v) is 3.23. The number of carboxylic acids is 1. The van der Waals surface area contributed by atoms with Crippen molar-refractivity contribution in [1.29, 1.82) is 0 Å². The summed E-state index contributed by atoms with van der Waals surface area (Å²) in [6.07, 6.45) is 0. The minimum atomic E-state index is -0.850. The SMILES string of the molecule is O=C(O)C1CNc2cc(F)ccc2S1. The van der Waals surface area contributed by atoms with E-state index in [2.05, 4.69) is 5.32 Å². The van der Waals surface area contributed by atoms with Crippen LogP contribution in [0.1, 0.15) is 0 Å². The van der Waals surface area contributed by atoms with Crippen LogP contribution in [-0.2, 0) is 4.79 Å². The van der Waals surface area contributed by atoms with E-state index < -0.39 is 11.2 Å². The lowest BCUT2D eigenvalue weighted by atomic mass is 10.3. The molecule has 0 radical (unpaired) electrons. The van der Waals surface area contributed by atoms with Crippen LogP contribution in [0.4, 0.5) is 10.1 Å². The highest BCUT2D eigenvalue weighted by molar-refractivity contribution is 8.00. The molecule has 1 aromatic rings. The first kappa shape index (κ1) is 9.33. The highest BCUT2D eigenvalue weighted by atomic mass is 32.2. The van der Waals surface area contributed by atoms with Crippen LogP contribution in [0.2, 0.25) is 0 Å². The summed E-state index contributed by atoms with van der Waals surface area (Å²) in [5.41, 5.74) is 0.674. The number of fused-ring (bicyclic) bond motifs is 1. The first-order valence-electron chi connectivity index (χ1n) is 4.10. The van der Waals surface area contributed by atoms with Gasteiger partial charge in [0.05, 0.1) is 5.69 Å². The van der Waals surface area contributed by atoms with Crippen molar-refractivity contribution in [2.24, 2.45) is 0 Å². The summed E-state index contributed by atoms with van der Waals surface area (Å²) in [5.74, 6) is -1.16. The van der Waals surface area contributed by atoms with E-state index in [9.17, 15) is 9.18 Å². The number of hydrogen-bond acceptors (Lipinski definition) is 3. The third-order valence-electron chi connectivity index (χ3n) is 1.96. The number of thioether (sulfide) groups is 1. The molecule has 0 bridgehead atoms. The second-order valence-corrected chi connectivity index (χ2v) is 4.21. The lowest BCUT2D eigenvalue weighted by Crippen LogP contribution is -2.28. The van der Waals surface area contributed by atoms with Gasteiger partial charge in [-0.15, -0.1) is 11.8 Å². The van der Waals surface area contributed by atoms with E-state index in [1.807, 2.05) is 0 Å². The van der Waals surface area contributed by atoms with Crippen LogP contribution in [-0.4, -0.2) is 22.9 Å². The molecule has 1 aromatic carbocycles. The Hall–Kier alpha value is -1.23. The summed E-state index contributed by atoms with van der Waals surface area (Å²) < 4.78 is 12.8. The van der Waals surface area contributed by atoms with Crippen LogP contribution in [0.25, 0.3) is 0 Å². The van der Waals surface area contributed by atoms with E-state index in [1.165, 1.54) is 23.9 Å². The number of rotatable bonds is 1. The monoisotopic (exact) mass is 213 g/mol. The molecule has 1 aliphatic rings. The fraction of sp³-hybridized carbons (Fsp3) is 0.222. The van der Waals surface area contributed by atoms with Gasteiger partial charge in [-0.25, -0.2) is 4.39 Å². The summed E-state index contributed by atoms with van der Waals surface area (Å²) in [7, 11) is 0. The van der Waals surface area contributed by atoms with E-state index in [0.29, 0.717) is 12.2 Å². The molecule has 0 amide bonds. The zero-order valence-electron chi connectivity index (χ0n) is 7.16. The molecule has 14 heavy (non-hydrogen) atoms. The first-order chi connectivity index (χ1) is 6.66. The Morgan fingerprint density at radius 2 is 2.43 bits per heavy atom. The predicted octanol–water partition coefficient (Wildman–Crippen LogP) is 1.80. The molecule has 2 N–H and O–H groups in total. The quantitative estimate of drug-likeness (QED) is 0.746. The third kappa shape index (κ3) is 1.68. The van der Waals surface area contributed by atoms with Gasteiger partial charge >= 0.3 is 5.97 Å². The Labute approximate surface area is 84.3 Å². The summed E-state index contributed by atoms with van der Waals surface area (Å²) in [6, 6.07) is 4.30. The molecule has 0 fully saturated rings. The van der Waals surface area contributed by atoms with Crippen LogP contribution in [0, 0.1) is 5.82 Å². The molecular formula is C9H8FNO2S. The van der Waals surface area contributed by atoms with Gasteiger partial charge in [-0.3, -0.25) is 4.79 Å². The summed E-state index contributed by atoms with van der Waals surface area (Å²) in [5, 5.41) is 11.2. The maximum atomic E-state index is 12.8. The first-order valence-corrected chi connectivity index (χ1v) is 4.97. The number of benzene rings is 1. The smallest absolute Gasteiger partial charge is 0.318 e. The summed E-state index contributed by atoms with van der Waals surface area (Å²) in [6.45, 7) is 0.330. The molecule has 74 valence electrons. The average molecular weight is 213 g/mol. The molecule has 1 unspecified atom stereocenters. The maximum absolute atomic E-state index is 12.8. The molecular weight excluding hydrogens is 205 g/mol. The molecule has 0 spiro atoms. The van der Waals surface area contributed by atoms with Crippen molar-refractivity contribution < 1.29 is 14.3 Å². The molecule has 2 rings (SSSR count). The van der Waals surface area contributed by atoms with Crippen LogP contribution >= 0.6 is 11.8 Å². The maximum Gasteiger partial charge on any atom is 0.318 e. The van der Waals surface area contributed by atoms with Gasteiger partial charge in [0.15, 0.2) is 0 Å². The average Bonchev–Trinajstić information content (AvgIpc) is 2.16. The Morgan fingerprint density at radius 3 is 3.14 bits per heavy atom. The van der Waals surface area contributed by atoms with E-state index in [1.54, 1.807) is 6.07 Å². The zero-order chi connectivity index (χ0) is 10.1. The van der Waals surface area contributed by atoms with Crippen molar-refractivity contribution in [3.8, 4) is 0 Å². The standard InChI is InChI=1S/C9H8FNO2S/c10-5-1-2-7-6(3-5)11-4-8(14-7)9(12)13/h1-3,8,11H,4H2,(H,12,13). The summed E-state index contributed by atoms with van der Waals surface area (Å²) in [4.78, 5) is 11.5. The fourth-order valence-electron chi connectivity index (χ4n) is 1.28. The Morgan fingerprint density at radius 1 is 1.64 bits per heavy atom. The normalized spacial score (nSPS) is 19.6. The van der Waals surface area contributed by atoms with Gasteiger partial charge in [0.25, 0.3) is 0 Å². The second kappa shape index (κ2) is 3.49. The van der Waals surface area contributed by atoms with Crippen molar-refractivity contribution in [2.75, 3.05) is 11.9 Å². The summed E-state index contributed by atoms with van der Waals surface area (Å²) >= 11 is 1.25. The number of carboxylic acid groups (broad SMARTS) is 1. The zero-order valence-corrected chi connectivity index (χ0v) is 7.97. The molecule has 0 saturated heterocycles. The fourth-order valence-corrected chi connectivity index (χ4v) is 2.26. The van der Waals surface area contributed by atoms with Gasteiger partial charge in [-0.1, -0.05) is 0 Å². The van der Waals surface area contributed by atoms with Gasteiger partial charge in [0.2, 0.25) is 0 Å². The molecule has 0 aromatic heterocycles. The van der Waals surface area contributed by atoms with Gasteiger partial charge in [-0.2, -0.15) is 0 Å². The van der Waals surface area contributed by atoms with E-state index in [-0.39, 0.29) is 5.82 Å². The molecule has 1 atom stereocenters. The number of hydrogen-bond donors (Lipinski definition) is 2. The second-order valence-electron chi connectivity index (χ2n) is 2.97. The Balaban J connectivity index is 2.27. The van der Waals surface area contributed by atoms with E-state index >= 15 is 0 Å². The van der Waals surface area contributed by atoms with E-state index in [4.69, 9.17) is 5.11 Å². The van der Waals surface area contributed by atoms with Crippen molar-refractivity contribution in [2.45, 2.75) is 10.1 Å². The lowest BCUT2D eigenvalue weighted by molar-refractivity contribution is -0.136. The van der Waals surface area contributed by atoms with Crippen molar-refractivity contribution >= 4 is 23.4 Å². The van der Waals surface area contributed by atoms with Gasteiger partial charge < -0.3 is 10.4 Å². The molecule has 1 aliphatic heterocycles. The number of halogens is 1.